The van der Waals surface area contributed by atoms with Crippen LogP contribution in [0.15, 0.2) is 48.5 Å². The molecule has 1 N–H and O–H groups in total. The Kier molecular flexibility index (Phi) is 4.83. The molecule has 3 aromatic rings. The fourth-order valence-electron chi connectivity index (χ4n) is 3.26. The molecule has 0 atom stereocenters. The Morgan fingerprint density at radius 1 is 1.04 bits per heavy atom. The number of rotatable bonds is 3. The van der Waals surface area contributed by atoms with Gasteiger partial charge in [-0.25, -0.2) is 0 Å². The Labute approximate surface area is 166 Å². The van der Waals surface area contributed by atoms with Gasteiger partial charge in [0.1, 0.15) is 0 Å². The summed E-state index contributed by atoms with van der Waals surface area (Å²) < 4.78 is 2.02. The van der Waals surface area contributed by atoms with Crippen molar-refractivity contribution in [2.75, 3.05) is 11.9 Å². The van der Waals surface area contributed by atoms with Crippen molar-refractivity contribution in [3.8, 4) is 11.4 Å². The Morgan fingerprint density at radius 2 is 1.79 bits per heavy atom. The summed E-state index contributed by atoms with van der Waals surface area (Å²) in [5.74, 6) is 1.25. The van der Waals surface area contributed by atoms with Crippen LogP contribution < -0.4 is 5.32 Å². The molecular formula is C20H18ClN5O2. The van der Waals surface area contributed by atoms with E-state index in [1.807, 2.05) is 28.8 Å². The van der Waals surface area contributed by atoms with E-state index in [9.17, 15) is 9.59 Å². The zero-order chi connectivity index (χ0) is 19.7. The number of amides is 2. The number of hydrogen-bond donors (Lipinski definition) is 1. The van der Waals surface area contributed by atoms with Gasteiger partial charge in [-0.05, 0) is 36.4 Å². The van der Waals surface area contributed by atoms with Gasteiger partial charge in [0.2, 0.25) is 5.91 Å². The second-order valence-corrected chi connectivity index (χ2v) is 6.96. The highest BCUT2D eigenvalue weighted by Crippen LogP contribution is 2.25. The van der Waals surface area contributed by atoms with Crippen molar-refractivity contribution in [2.24, 2.45) is 0 Å². The fraction of sp³-hybridized carbons (Fsp3) is 0.200. The molecule has 0 aliphatic carbocycles. The minimum Gasteiger partial charge on any atom is -0.329 e. The summed E-state index contributed by atoms with van der Waals surface area (Å²) in [6, 6.07) is 14.5. The first-order chi connectivity index (χ1) is 13.5. The van der Waals surface area contributed by atoms with E-state index >= 15 is 0 Å². The zero-order valence-electron chi connectivity index (χ0n) is 15.2. The Bertz CT molecular complexity index is 1050. The average Bonchev–Trinajstić information content (AvgIpc) is 3.11. The minimum absolute atomic E-state index is 0.110. The van der Waals surface area contributed by atoms with Crippen LogP contribution in [0.5, 0.6) is 0 Å². The summed E-state index contributed by atoms with van der Waals surface area (Å²) in [6.07, 6.45) is 0. The molecule has 0 fully saturated rings. The Hall–Kier alpha value is -3.19. The van der Waals surface area contributed by atoms with Crippen molar-refractivity contribution < 1.29 is 9.59 Å². The highest BCUT2D eigenvalue weighted by Gasteiger charge is 2.26. The van der Waals surface area contributed by atoms with E-state index in [0.717, 1.165) is 22.9 Å². The topological polar surface area (TPSA) is 80.1 Å². The molecule has 0 spiro atoms. The van der Waals surface area contributed by atoms with E-state index in [1.54, 1.807) is 29.2 Å². The molecule has 0 saturated heterocycles. The maximum Gasteiger partial charge on any atom is 0.255 e. The summed E-state index contributed by atoms with van der Waals surface area (Å²) in [6.45, 7) is 2.99. The van der Waals surface area contributed by atoms with Gasteiger partial charge in [-0.3, -0.25) is 9.59 Å². The monoisotopic (exact) mass is 395 g/mol. The van der Waals surface area contributed by atoms with Gasteiger partial charge in [-0.1, -0.05) is 23.7 Å². The largest absolute Gasteiger partial charge is 0.329 e. The van der Waals surface area contributed by atoms with Crippen molar-refractivity contribution >= 4 is 29.1 Å². The van der Waals surface area contributed by atoms with E-state index in [4.69, 9.17) is 11.6 Å². The van der Waals surface area contributed by atoms with Crippen LogP contribution in [0.25, 0.3) is 11.4 Å². The number of benzene rings is 2. The number of hydrogen-bond acceptors (Lipinski definition) is 4. The second-order valence-electron chi connectivity index (χ2n) is 6.56. The molecular weight excluding hydrogens is 378 g/mol. The number of aromatic nitrogens is 3. The number of fused-ring (bicyclic) bond motifs is 1. The number of carbonyl (C=O) groups excluding carboxylic acids is 2. The van der Waals surface area contributed by atoms with E-state index in [1.165, 1.54) is 6.92 Å². The second kappa shape index (κ2) is 7.44. The Morgan fingerprint density at radius 3 is 2.50 bits per heavy atom. The molecule has 1 aromatic heterocycles. The van der Waals surface area contributed by atoms with Gasteiger partial charge in [0.05, 0.1) is 17.1 Å². The van der Waals surface area contributed by atoms with Gasteiger partial charge in [0, 0.05) is 31.3 Å². The number of nitrogens with zero attached hydrogens (tertiary/aromatic N) is 4. The molecule has 2 aromatic carbocycles. The normalized spacial score (nSPS) is 13.1. The van der Waals surface area contributed by atoms with Crippen LogP contribution in [-0.4, -0.2) is 38.0 Å². The van der Waals surface area contributed by atoms with Crippen molar-refractivity contribution in [1.82, 2.24) is 19.7 Å². The lowest BCUT2D eigenvalue weighted by Crippen LogP contribution is -2.38. The van der Waals surface area contributed by atoms with Crippen LogP contribution in [0, 0.1) is 0 Å². The maximum atomic E-state index is 12.8. The lowest BCUT2D eigenvalue weighted by atomic mass is 10.1. The van der Waals surface area contributed by atoms with Gasteiger partial charge in [-0.15, -0.1) is 10.2 Å². The third kappa shape index (κ3) is 3.48. The SMILES string of the molecule is CC(=O)Nc1ccc(-c2nnc3n2CCN(C(=O)c2ccccc2Cl)C3)cc1. The Balaban J connectivity index is 1.54. The quantitative estimate of drug-likeness (QED) is 0.738. The first-order valence-electron chi connectivity index (χ1n) is 8.87. The zero-order valence-corrected chi connectivity index (χ0v) is 16.0. The number of nitrogens with one attached hydrogen (secondary N) is 1. The van der Waals surface area contributed by atoms with Crippen LogP contribution in [0.2, 0.25) is 5.02 Å². The standard InChI is InChI=1S/C20H18ClN5O2/c1-13(27)22-15-8-6-14(7-9-15)19-24-23-18-12-25(10-11-26(18)19)20(28)16-4-2-3-5-17(16)21/h2-9H,10-12H2,1H3,(H,22,27). The molecule has 8 heteroatoms. The van der Waals surface area contributed by atoms with Crippen LogP contribution >= 0.6 is 11.6 Å². The van der Waals surface area contributed by atoms with Crippen LogP contribution in [0.3, 0.4) is 0 Å². The minimum atomic E-state index is -0.115. The number of halogens is 1. The fourth-order valence-corrected chi connectivity index (χ4v) is 3.47. The third-order valence-corrected chi connectivity index (χ3v) is 4.94. The molecule has 28 heavy (non-hydrogen) atoms. The predicted molar refractivity (Wildman–Crippen MR) is 106 cm³/mol. The van der Waals surface area contributed by atoms with Gasteiger partial charge in [0.15, 0.2) is 11.6 Å². The first kappa shape index (κ1) is 18.2. The van der Waals surface area contributed by atoms with Crippen molar-refractivity contribution in [3.05, 3.63) is 64.9 Å². The van der Waals surface area contributed by atoms with E-state index in [0.29, 0.717) is 30.2 Å². The molecule has 2 heterocycles. The van der Waals surface area contributed by atoms with Crippen LogP contribution in [-0.2, 0) is 17.9 Å². The molecule has 4 rings (SSSR count). The van der Waals surface area contributed by atoms with E-state index < -0.39 is 0 Å². The van der Waals surface area contributed by atoms with Crippen molar-refractivity contribution in [3.63, 3.8) is 0 Å². The van der Waals surface area contributed by atoms with E-state index in [-0.39, 0.29) is 11.8 Å². The van der Waals surface area contributed by atoms with Gasteiger partial charge >= 0.3 is 0 Å². The number of carbonyl (C=O) groups is 2. The molecule has 1 aliphatic heterocycles. The summed E-state index contributed by atoms with van der Waals surface area (Å²) in [4.78, 5) is 25.7. The van der Waals surface area contributed by atoms with Gasteiger partial charge < -0.3 is 14.8 Å². The third-order valence-electron chi connectivity index (χ3n) is 4.61. The summed E-state index contributed by atoms with van der Waals surface area (Å²) in [5, 5.41) is 11.8. The molecule has 0 bridgehead atoms. The average molecular weight is 396 g/mol. The molecule has 0 unspecified atom stereocenters. The molecule has 0 saturated carbocycles. The molecule has 7 nitrogen and oxygen atoms in total. The highest BCUT2D eigenvalue weighted by molar-refractivity contribution is 6.33. The van der Waals surface area contributed by atoms with Crippen LogP contribution in [0.4, 0.5) is 5.69 Å². The molecule has 1 aliphatic rings. The number of anilines is 1. The summed E-state index contributed by atoms with van der Waals surface area (Å²) in [5.41, 5.74) is 2.12. The molecule has 0 radical (unpaired) electrons. The van der Waals surface area contributed by atoms with Gasteiger partial charge in [-0.2, -0.15) is 0 Å². The summed E-state index contributed by atoms with van der Waals surface area (Å²) >= 11 is 6.16. The molecule has 2 amide bonds. The molecule has 142 valence electrons. The lowest BCUT2D eigenvalue weighted by Gasteiger charge is -2.28. The van der Waals surface area contributed by atoms with Gasteiger partial charge in [0.25, 0.3) is 5.91 Å². The van der Waals surface area contributed by atoms with Crippen molar-refractivity contribution in [1.29, 1.82) is 0 Å². The predicted octanol–water partition coefficient (Wildman–Crippen LogP) is 3.21. The highest BCUT2D eigenvalue weighted by atomic mass is 35.5. The lowest BCUT2D eigenvalue weighted by molar-refractivity contribution is -0.114. The maximum absolute atomic E-state index is 12.8. The van der Waals surface area contributed by atoms with Crippen LogP contribution in [0.1, 0.15) is 23.1 Å². The smallest absolute Gasteiger partial charge is 0.255 e. The van der Waals surface area contributed by atoms with E-state index in [2.05, 4.69) is 15.5 Å². The van der Waals surface area contributed by atoms with Crippen molar-refractivity contribution in [2.45, 2.75) is 20.0 Å². The first-order valence-corrected chi connectivity index (χ1v) is 9.24. The summed E-state index contributed by atoms with van der Waals surface area (Å²) in [7, 11) is 0.